The van der Waals surface area contributed by atoms with Crippen molar-refractivity contribution in [3.63, 3.8) is 0 Å². The first-order valence-electron chi connectivity index (χ1n) is 8.64. The molecule has 1 unspecified atom stereocenters. The Morgan fingerprint density at radius 1 is 1.37 bits per heavy atom. The number of halogens is 1. The summed E-state index contributed by atoms with van der Waals surface area (Å²) in [5.41, 5.74) is 0.0262. The quantitative estimate of drug-likeness (QED) is 0.279. The van der Waals surface area contributed by atoms with Gasteiger partial charge in [-0.15, -0.1) is 0 Å². The van der Waals surface area contributed by atoms with E-state index in [0.29, 0.717) is 0 Å². The Labute approximate surface area is 185 Å². The number of hydrogen-bond acceptors (Lipinski definition) is 7. The summed E-state index contributed by atoms with van der Waals surface area (Å²) in [6.07, 6.45) is 1.43. The minimum atomic E-state index is -1.14. The van der Waals surface area contributed by atoms with Crippen LogP contribution in [0.1, 0.15) is 19.6 Å². The third-order valence-electron chi connectivity index (χ3n) is 4.31. The van der Waals surface area contributed by atoms with Crippen LogP contribution in [0.3, 0.4) is 0 Å². The highest BCUT2D eigenvalue weighted by molar-refractivity contribution is 8.26. The van der Waals surface area contributed by atoms with E-state index >= 15 is 0 Å². The summed E-state index contributed by atoms with van der Waals surface area (Å²) in [6, 6.07) is 6.22. The highest BCUT2D eigenvalue weighted by Crippen LogP contribution is 2.37. The molecule has 1 saturated heterocycles. The first-order valence-corrected chi connectivity index (χ1v) is 10.2. The van der Waals surface area contributed by atoms with Crippen LogP contribution in [0.25, 0.3) is 17.4 Å². The molecule has 1 aliphatic heterocycles. The fraction of sp³-hybridized carbons (Fsp3) is 0.211. The molecule has 1 aromatic heterocycles. The third kappa shape index (κ3) is 4.25. The maximum atomic E-state index is 12.8. The lowest BCUT2D eigenvalue weighted by Gasteiger charge is -2.26. The zero-order valence-corrected chi connectivity index (χ0v) is 18.1. The van der Waals surface area contributed by atoms with Gasteiger partial charge in [0.15, 0.2) is 0 Å². The van der Waals surface area contributed by atoms with Crippen LogP contribution < -0.4 is 0 Å². The zero-order chi connectivity index (χ0) is 22.2. The van der Waals surface area contributed by atoms with Crippen LogP contribution in [0.2, 0.25) is 5.02 Å². The van der Waals surface area contributed by atoms with E-state index in [9.17, 15) is 24.8 Å². The van der Waals surface area contributed by atoms with Crippen molar-refractivity contribution in [3.8, 4) is 11.3 Å². The van der Waals surface area contributed by atoms with Crippen molar-refractivity contribution < 1.29 is 24.0 Å². The van der Waals surface area contributed by atoms with E-state index in [1.54, 1.807) is 19.9 Å². The predicted molar refractivity (Wildman–Crippen MR) is 117 cm³/mol. The summed E-state index contributed by atoms with van der Waals surface area (Å²) in [5.74, 6) is -1.51. The highest BCUT2D eigenvalue weighted by atomic mass is 35.5. The summed E-state index contributed by atoms with van der Waals surface area (Å²) in [4.78, 5) is 36.4. The molecule has 0 spiro atoms. The molecule has 0 saturated carbocycles. The molecule has 1 amide bonds. The Kier molecular flexibility index (Phi) is 6.30. The van der Waals surface area contributed by atoms with Gasteiger partial charge in [-0.3, -0.25) is 19.8 Å². The first-order chi connectivity index (χ1) is 14.1. The summed E-state index contributed by atoms with van der Waals surface area (Å²) >= 11 is 12.0. The van der Waals surface area contributed by atoms with Crippen molar-refractivity contribution in [3.05, 3.63) is 56.1 Å². The van der Waals surface area contributed by atoms with E-state index in [-0.39, 0.29) is 42.9 Å². The molecule has 1 aliphatic rings. The number of hydrogen-bond donors (Lipinski definition) is 1. The van der Waals surface area contributed by atoms with Gasteiger partial charge in [0, 0.05) is 17.2 Å². The van der Waals surface area contributed by atoms with Gasteiger partial charge >= 0.3 is 5.97 Å². The summed E-state index contributed by atoms with van der Waals surface area (Å²) in [7, 11) is 0. The normalized spacial score (nSPS) is 16.5. The SMILES string of the molecule is CC(C)C(C(=O)O)N1C(=O)/C(=C/c2ccc(-c3ccc(Cl)cc3[N+](=O)[O-])o2)SC1=S. The summed E-state index contributed by atoms with van der Waals surface area (Å²) < 4.78 is 5.81. The lowest BCUT2D eigenvalue weighted by Crippen LogP contribution is -2.47. The van der Waals surface area contributed by atoms with Gasteiger partial charge in [-0.1, -0.05) is 49.4 Å². The van der Waals surface area contributed by atoms with E-state index in [1.165, 1.54) is 30.3 Å². The van der Waals surface area contributed by atoms with Crippen molar-refractivity contribution in [2.45, 2.75) is 19.9 Å². The van der Waals surface area contributed by atoms with E-state index in [0.717, 1.165) is 16.7 Å². The average Bonchev–Trinajstić information content (AvgIpc) is 3.21. The van der Waals surface area contributed by atoms with Crippen molar-refractivity contribution in [2.24, 2.45) is 5.92 Å². The van der Waals surface area contributed by atoms with Gasteiger partial charge in [-0.05, 0) is 30.2 Å². The molecule has 30 heavy (non-hydrogen) atoms. The Morgan fingerprint density at radius 3 is 2.67 bits per heavy atom. The highest BCUT2D eigenvalue weighted by Gasteiger charge is 2.42. The van der Waals surface area contributed by atoms with Crippen LogP contribution in [0.15, 0.2) is 39.7 Å². The molecule has 1 aromatic carbocycles. The Bertz CT molecular complexity index is 1090. The van der Waals surface area contributed by atoms with Crippen molar-refractivity contribution in [2.75, 3.05) is 0 Å². The van der Waals surface area contributed by atoms with Crippen LogP contribution in [0, 0.1) is 16.0 Å². The van der Waals surface area contributed by atoms with Gasteiger partial charge in [-0.2, -0.15) is 0 Å². The molecular formula is C19H15ClN2O6S2. The van der Waals surface area contributed by atoms with E-state index in [2.05, 4.69) is 0 Å². The fourth-order valence-corrected chi connectivity index (χ4v) is 4.46. The van der Waals surface area contributed by atoms with E-state index < -0.39 is 22.8 Å². The van der Waals surface area contributed by atoms with Crippen LogP contribution >= 0.6 is 35.6 Å². The monoisotopic (exact) mass is 466 g/mol. The molecular weight excluding hydrogens is 452 g/mol. The smallest absolute Gasteiger partial charge is 0.327 e. The second-order valence-corrected chi connectivity index (χ2v) is 8.81. The Hall–Kier alpha value is -2.69. The molecule has 156 valence electrons. The number of carboxylic acid groups (broad SMARTS) is 1. The number of furan rings is 1. The molecule has 0 aliphatic carbocycles. The number of amides is 1. The number of nitro benzene ring substituents is 1. The number of benzene rings is 1. The van der Waals surface area contributed by atoms with Gasteiger partial charge in [0.05, 0.1) is 15.4 Å². The molecule has 2 aromatic rings. The number of thiocarbonyl (C=S) groups is 1. The molecule has 2 heterocycles. The Balaban J connectivity index is 1.93. The maximum Gasteiger partial charge on any atom is 0.327 e. The summed E-state index contributed by atoms with van der Waals surface area (Å²) in [6.45, 7) is 3.39. The molecule has 1 atom stereocenters. The number of aliphatic carboxylic acids is 1. The molecule has 11 heteroatoms. The van der Waals surface area contributed by atoms with Gasteiger partial charge in [-0.25, -0.2) is 4.79 Å². The Morgan fingerprint density at radius 2 is 2.07 bits per heavy atom. The van der Waals surface area contributed by atoms with Gasteiger partial charge < -0.3 is 9.52 Å². The topological polar surface area (TPSA) is 114 Å². The van der Waals surface area contributed by atoms with E-state index in [4.69, 9.17) is 28.2 Å². The molecule has 1 N–H and O–H groups in total. The van der Waals surface area contributed by atoms with Gasteiger partial charge in [0.25, 0.3) is 11.6 Å². The first kappa shape index (κ1) is 22.0. The summed E-state index contributed by atoms with van der Waals surface area (Å²) in [5, 5.41) is 21.0. The van der Waals surface area contributed by atoms with Crippen molar-refractivity contribution in [1.82, 2.24) is 4.90 Å². The molecule has 1 fully saturated rings. The van der Waals surface area contributed by atoms with Gasteiger partial charge in [0.2, 0.25) is 0 Å². The second-order valence-electron chi connectivity index (χ2n) is 6.70. The minimum Gasteiger partial charge on any atom is -0.480 e. The van der Waals surface area contributed by atoms with Crippen LogP contribution in [-0.4, -0.2) is 37.2 Å². The number of carbonyl (C=O) groups is 2. The van der Waals surface area contributed by atoms with Crippen molar-refractivity contribution >= 4 is 63.5 Å². The van der Waals surface area contributed by atoms with E-state index in [1.807, 2.05) is 0 Å². The number of rotatable bonds is 6. The predicted octanol–water partition coefficient (Wildman–Crippen LogP) is 4.82. The molecule has 0 radical (unpaired) electrons. The molecule has 8 nitrogen and oxygen atoms in total. The standard InChI is InChI=1S/C19H15ClN2O6S2/c1-9(2)16(18(24)25)21-17(23)15(30-19(21)29)8-11-4-6-14(28-11)12-5-3-10(20)7-13(12)22(26)27/h3-9,16H,1-2H3,(H,24,25)/b15-8-. The number of carbonyl (C=O) groups excluding carboxylic acids is 1. The lowest BCUT2D eigenvalue weighted by molar-refractivity contribution is -0.384. The number of thioether (sulfide) groups is 1. The van der Waals surface area contributed by atoms with Crippen molar-refractivity contribution in [1.29, 1.82) is 0 Å². The van der Waals surface area contributed by atoms with Crippen LogP contribution in [0.4, 0.5) is 5.69 Å². The van der Waals surface area contributed by atoms with Crippen LogP contribution in [-0.2, 0) is 9.59 Å². The maximum absolute atomic E-state index is 12.8. The zero-order valence-electron chi connectivity index (χ0n) is 15.7. The lowest BCUT2D eigenvalue weighted by atomic mass is 10.0. The number of nitrogens with zero attached hydrogens (tertiary/aromatic N) is 2. The fourth-order valence-electron chi connectivity index (χ4n) is 2.98. The number of carboxylic acids is 1. The largest absolute Gasteiger partial charge is 0.480 e. The average molecular weight is 467 g/mol. The third-order valence-corrected chi connectivity index (χ3v) is 5.87. The van der Waals surface area contributed by atoms with Gasteiger partial charge in [0.1, 0.15) is 21.9 Å². The molecule has 0 bridgehead atoms. The number of nitro groups is 1. The minimum absolute atomic E-state index is 0.146. The second kappa shape index (κ2) is 8.58. The molecule has 3 rings (SSSR count). The van der Waals surface area contributed by atoms with Crippen LogP contribution in [0.5, 0.6) is 0 Å².